The molecule has 0 aromatic heterocycles. The van der Waals surface area contributed by atoms with Gasteiger partial charge in [-0.05, 0) is 25.8 Å². The van der Waals surface area contributed by atoms with Gasteiger partial charge in [-0.1, -0.05) is 30.2 Å². The zero-order chi connectivity index (χ0) is 16.4. The second-order valence-electron chi connectivity index (χ2n) is 6.21. The summed E-state index contributed by atoms with van der Waals surface area (Å²) in [5, 5.41) is 6.34. The lowest BCUT2D eigenvalue weighted by molar-refractivity contribution is -0.132. The van der Waals surface area contributed by atoms with E-state index < -0.39 is 6.04 Å². The Morgan fingerprint density at radius 2 is 2.09 bits per heavy atom. The molecule has 2 N–H and O–H groups in total. The molecule has 0 saturated heterocycles. The van der Waals surface area contributed by atoms with Gasteiger partial charge in [0, 0.05) is 17.9 Å². The molecule has 0 spiro atoms. The first-order valence-electron chi connectivity index (χ1n) is 8.08. The summed E-state index contributed by atoms with van der Waals surface area (Å²) in [7, 11) is 0. The van der Waals surface area contributed by atoms with Gasteiger partial charge in [0.15, 0.2) is 0 Å². The third-order valence-corrected chi connectivity index (χ3v) is 4.87. The lowest BCUT2D eigenvalue weighted by atomic mass is 9.84. The summed E-state index contributed by atoms with van der Waals surface area (Å²) in [6, 6.07) is 4.83. The summed E-state index contributed by atoms with van der Waals surface area (Å²) in [6.07, 6.45) is 3.62. The number of amides is 2. The molecule has 5 nitrogen and oxygen atoms in total. The number of para-hydroxylation sites is 1. The topological polar surface area (TPSA) is 67.4 Å². The maximum absolute atomic E-state index is 12.4. The van der Waals surface area contributed by atoms with Gasteiger partial charge in [-0.2, -0.15) is 0 Å². The van der Waals surface area contributed by atoms with Crippen molar-refractivity contribution in [2.45, 2.75) is 44.7 Å². The van der Waals surface area contributed by atoms with Crippen molar-refractivity contribution >= 4 is 23.4 Å². The second-order valence-corrected chi connectivity index (χ2v) is 6.62. The van der Waals surface area contributed by atoms with E-state index in [1.807, 2.05) is 12.1 Å². The first kappa shape index (κ1) is 16.1. The number of fused-ring (bicyclic) bond motifs is 1. The number of halogens is 1. The highest BCUT2D eigenvalue weighted by Crippen LogP contribution is 2.37. The van der Waals surface area contributed by atoms with Crippen molar-refractivity contribution in [1.29, 1.82) is 0 Å². The molecule has 23 heavy (non-hydrogen) atoms. The average Bonchev–Trinajstić information content (AvgIpc) is 2.46. The van der Waals surface area contributed by atoms with E-state index in [0.29, 0.717) is 23.8 Å². The molecule has 6 heteroatoms. The van der Waals surface area contributed by atoms with Crippen LogP contribution in [0.25, 0.3) is 0 Å². The quantitative estimate of drug-likeness (QED) is 0.888. The standard InChI is InChI=1S/C17H21ClN2O3/c1-10(19-17(22)11-4-2-5-11)16(21)20-14-8-9-23-15-12(14)6-3-7-13(15)18/h3,6-7,10-11,14H,2,4-5,8-9H2,1H3,(H,19,22)(H,20,21)/t10-,14+/m0/s1. The molecule has 2 aliphatic rings. The molecule has 2 atom stereocenters. The van der Waals surface area contributed by atoms with Crippen LogP contribution in [-0.2, 0) is 9.59 Å². The van der Waals surface area contributed by atoms with Gasteiger partial charge in [-0.15, -0.1) is 0 Å². The van der Waals surface area contributed by atoms with Crippen molar-refractivity contribution in [3.63, 3.8) is 0 Å². The van der Waals surface area contributed by atoms with Crippen LogP contribution in [0, 0.1) is 5.92 Å². The molecule has 0 bridgehead atoms. The lowest BCUT2D eigenvalue weighted by Gasteiger charge is -2.29. The summed E-state index contributed by atoms with van der Waals surface area (Å²) in [5.74, 6) is 0.509. The van der Waals surface area contributed by atoms with Crippen LogP contribution in [-0.4, -0.2) is 24.5 Å². The fraction of sp³-hybridized carbons (Fsp3) is 0.529. The first-order chi connectivity index (χ1) is 11.1. The van der Waals surface area contributed by atoms with E-state index in [0.717, 1.165) is 24.8 Å². The van der Waals surface area contributed by atoms with Crippen molar-refractivity contribution < 1.29 is 14.3 Å². The van der Waals surface area contributed by atoms with Crippen molar-refractivity contribution in [3.8, 4) is 5.75 Å². The zero-order valence-electron chi connectivity index (χ0n) is 13.1. The van der Waals surface area contributed by atoms with Crippen LogP contribution >= 0.6 is 11.6 Å². The number of nitrogens with one attached hydrogen (secondary N) is 2. The molecule has 1 heterocycles. The molecule has 0 radical (unpaired) electrons. The van der Waals surface area contributed by atoms with Gasteiger partial charge >= 0.3 is 0 Å². The van der Waals surface area contributed by atoms with Crippen LogP contribution in [0.4, 0.5) is 0 Å². The molecule has 1 aliphatic carbocycles. The minimum Gasteiger partial charge on any atom is -0.492 e. The third-order valence-electron chi connectivity index (χ3n) is 4.57. The number of benzene rings is 1. The SMILES string of the molecule is C[C@H](NC(=O)C1CCC1)C(=O)N[C@@H]1CCOc2c(Cl)cccc21. The zero-order valence-corrected chi connectivity index (χ0v) is 13.9. The first-order valence-corrected chi connectivity index (χ1v) is 8.46. The molecule has 0 unspecified atom stereocenters. The van der Waals surface area contributed by atoms with Crippen molar-refractivity contribution in [2.75, 3.05) is 6.61 Å². The normalized spacial score (nSPS) is 21.4. The summed E-state index contributed by atoms with van der Waals surface area (Å²) >= 11 is 6.14. The third kappa shape index (κ3) is 3.44. The Hall–Kier alpha value is -1.75. The highest BCUT2D eigenvalue weighted by atomic mass is 35.5. The molecular weight excluding hydrogens is 316 g/mol. The number of rotatable bonds is 4. The highest BCUT2D eigenvalue weighted by molar-refractivity contribution is 6.32. The van der Waals surface area contributed by atoms with Gasteiger partial charge in [0.1, 0.15) is 11.8 Å². The largest absolute Gasteiger partial charge is 0.492 e. The van der Waals surface area contributed by atoms with E-state index >= 15 is 0 Å². The summed E-state index contributed by atoms with van der Waals surface area (Å²) in [4.78, 5) is 24.3. The van der Waals surface area contributed by atoms with E-state index in [1.54, 1.807) is 13.0 Å². The van der Waals surface area contributed by atoms with Crippen LogP contribution in [0.5, 0.6) is 5.75 Å². The van der Waals surface area contributed by atoms with Crippen LogP contribution in [0.15, 0.2) is 18.2 Å². The Morgan fingerprint density at radius 1 is 1.30 bits per heavy atom. The minimum absolute atomic E-state index is 0.0191. The maximum Gasteiger partial charge on any atom is 0.242 e. The molecule has 1 aromatic rings. The van der Waals surface area contributed by atoms with Gasteiger partial charge < -0.3 is 15.4 Å². The minimum atomic E-state index is -0.548. The molecule has 1 saturated carbocycles. The lowest BCUT2D eigenvalue weighted by Crippen LogP contribution is -2.48. The highest BCUT2D eigenvalue weighted by Gasteiger charge is 2.29. The Labute approximate surface area is 140 Å². The molecule has 124 valence electrons. The maximum atomic E-state index is 12.4. The van der Waals surface area contributed by atoms with Gasteiger partial charge in [0.05, 0.1) is 17.7 Å². The number of ether oxygens (including phenoxy) is 1. The molecule has 3 rings (SSSR count). The summed E-state index contributed by atoms with van der Waals surface area (Å²) in [5.41, 5.74) is 0.884. The number of carbonyl (C=O) groups is 2. The van der Waals surface area contributed by atoms with Crippen LogP contribution in [0.2, 0.25) is 5.02 Å². The molecule has 1 aromatic carbocycles. The summed E-state index contributed by atoms with van der Waals surface area (Å²) in [6.45, 7) is 2.22. The number of hydrogen-bond donors (Lipinski definition) is 2. The Morgan fingerprint density at radius 3 is 2.78 bits per heavy atom. The van der Waals surface area contributed by atoms with Crippen molar-refractivity contribution in [1.82, 2.24) is 10.6 Å². The second kappa shape index (κ2) is 6.79. The molecule has 1 aliphatic heterocycles. The molecule has 2 amide bonds. The molecule has 1 fully saturated rings. The number of carbonyl (C=O) groups excluding carboxylic acids is 2. The average molecular weight is 337 g/mol. The summed E-state index contributed by atoms with van der Waals surface area (Å²) < 4.78 is 5.59. The van der Waals surface area contributed by atoms with Crippen LogP contribution in [0.1, 0.15) is 44.2 Å². The Balaban J connectivity index is 1.62. The van der Waals surface area contributed by atoms with Gasteiger partial charge in [0.25, 0.3) is 0 Å². The Kier molecular flexibility index (Phi) is 4.76. The van der Waals surface area contributed by atoms with E-state index in [9.17, 15) is 9.59 Å². The predicted molar refractivity (Wildman–Crippen MR) is 87.4 cm³/mol. The molecular formula is C17H21ClN2O3. The van der Waals surface area contributed by atoms with E-state index in [-0.39, 0.29) is 23.8 Å². The smallest absolute Gasteiger partial charge is 0.242 e. The van der Waals surface area contributed by atoms with Crippen LogP contribution in [0.3, 0.4) is 0 Å². The van der Waals surface area contributed by atoms with Crippen LogP contribution < -0.4 is 15.4 Å². The predicted octanol–water partition coefficient (Wildman–Crippen LogP) is 2.58. The monoisotopic (exact) mass is 336 g/mol. The van der Waals surface area contributed by atoms with Gasteiger partial charge in [-0.3, -0.25) is 9.59 Å². The fourth-order valence-electron chi connectivity index (χ4n) is 2.90. The number of hydrogen-bond acceptors (Lipinski definition) is 3. The van der Waals surface area contributed by atoms with E-state index in [2.05, 4.69) is 10.6 Å². The van der Waals surface area contributed by atoms with Crippen molar-refractivity contribution in [2.24, 2.45) is 5.92 Å². The Bertz CT molecular complexity index is 616. The fourth-order valence-corrected chi connectivity index (χ4v) is 3.14. The van der Waals surface area contributed by atoms with Gasteiger partial charge in [0.2, 0.25) is 11.8 Å². The van der Waals surface area contributed by atoms with E-state index in [1.165, 1.54) is 0 Å². The van der Waals surface area contributed by atoms with E-state index in [4.69, 9.17) is 16.3 Å². The van der Waals surface area contributed by atoms with Gasteiger partial charge in [-0.25, -0.2) is 0 Å². The van der Waals surface area contributed by atoms with Crippen molar-refractivity contribution in [3.05, 3.63) is 28.8 Å².